The summed E-state index contributed by atoms with van der Waals surface area (Å²) in [7, 11) is 1.58. The number of methoxy groups -OCH3 is 1. The summed E-state index contributed by atoms with van der Waals surface area (Å²) in [5, 5.41) is 7.76. The maximum atomic E-state index is 13.3. The smallest absolute Gasteiger partial charge is 0.258 e. The van der Waals surface area contributed by atoms with E-state index in [-0.39, 0.29) is 11.2 Å². The van der Waals surface area contributed by atoms with E-state index in [2.05, 4.69) is 10.4 Å². The Balaban J connectivity index is 1.98. The number of amides is 1. The van der Waals surface area contributed by atoms with Gasteiger partial charge in [0.2, 0.25) is 5.43 Å². The fourth-order valence-corrected chi connectivity index (χ4v) is 3.87. The van der Waals surface area contributed by atoms with Crippen LogP contribution in [0.1, 0.15) is 27.2 Å². The van der Waals surface area contributed by atoms with Crippen LogP contribution in [0.2, 0.25) is 5.02 Å². The van der Waals surface area contributed by atoms with E-state index < -0.39 is 5.91 Å². The first-order valence-electron chi connectivity index (χ1n) is 10.7. The average Bonchev–Trinajstić information content (AvgIpc) is 2.83. The Kier molecular flexibility index (Phi) is 6.52. The highest BCUT2D eigenvalue weighted by molar-refractivity contribution is 6.34. The maximum Gasteiger partial charge on any atom is 0.258 e. The van der Waals surface area contributed by atoms with Gasteiger partial charge in [0.05, 0.1) is 28.9 Å². The molecule has 0 unspecified atom stereocenters. The van der Waals surface area contributed by atoms with E-state index in [1.54, 1.807) is 67.2 Å². The predicted octanol–water partition coefficient (Wildman–Crippen LogP) is 5.74. The van der Waals surface area contributed by atoms with Gasteiger partial charge in [0.15, 0.2) is 0 Å². The molecule has 0 fully saturated rings. The van der Waals surface area contributed by atoms with Gasteiger partial charge in [-0.2, -0.15) is 5.10 Å². The Labute approximate surface area is 202 Å². The molecule has 6 nitrogen and oxygen atoms in total. The highest BCUT2D eigenvalue weighted by atomic mass is 35.5. The van der Waals surface area contributed by atoms with Crippen LogP contribution in [0.25, 0.3) is 16.8 Å². The lowest BCUT2D eigenvalue weighted by atomic mass is 10.0. The highest BCUT2D eigenvalue weighted by Crippen LogP contribution is 2.30. The van der Waals surface area contributed by atoms with Gasteiger partial charge in [-0.3, -0.25) is 9.59 Å². The quantitative estimate of drug-likeness (QED) is 0.401. The van der Waals surface area contributed by atoms with Gasteiger partial charge >= 0.3 is 0 Å². The zero-order valence-corrected chi connectivity index (χ0v) is 20.1. The molecule has 0 radical (unpaired) electrons. The van der Waals surface area contributed by atoms with Crippen molar-refractivity contribution in [1.29, 1.82) is 0 Å². The molecule has 1 amide bonds. The number of anilines is 1. The minimum absolute atomic E-state index is 0.258. The van der Waals surface area contributed by atoms with Crippen LogP contribution in [-0.2, 0) is 0 Å². The number of halogens is 1. The second-order valence-corrected chi connectivity index (χ2v) is 8.39. The summed E-state index contributed by atoms with van der Waals surface area (Å²) in [5.41, 5.74) is 4.18. The van der Waals surface area contributed by atoms with E-state index in [1.165, 1.54) is 0 Å². The SMILES string of the molecule is COc1ccc(-c2c(NC(=O)c3ccccc3Cl)n(-c3ccc(C)c(C)c3)nc(C)c2=O)cc1. The van der Waals surface area contributed by atoms with Gasteiger partial charge in [-0.15, -0.1) is 0 Å². The number of nitrogens with zero attached hydrogens (tertiary/aromatic N) is 2. The zero-order valence-electron chi connectivity index (χ0n) is 19.3. The molecule has 1 heterocycles. The van der Waals surface area contributed by atoms with E-state index >= 15 is 0 Å². The molecule has 1 N–H and O–H groups in total. The number of nitrogens with one attached hydrogen (secondary N) is 1. The summed E-state index contributed by atoms with van der Waals surface area (Å²) in [6.45, 7) is 5.68. The van der Waals surface area contributed by atoms with Crippen LogP contribution in [0.5, 0.6) is 5.75 Å². The Morgan fingerprint density at radius 2 is 1.68 bits per heavy atom. The lowest BCUT2D eigenvalue weighted by Gasteiger charge is -2.19. The molecule has 0 atom stereocenters. The third kappa shape index (κ3) is 4.45. The van der Waals surface area contributed by atoms with Crippen molar-refractivity contribution in [3.05, 3.63) is 104 Å². The van der Waals surface area contributed by atoms with Gasteiger partial charge in [0, 0.05) is 0 Å². The van der Waals surface area contributed by atoms with E-state index in [0.29, 0.717) is 33.2 Å². The number of rotatable bonds is 5. The van der Waals surface area contributed by atoms with Crippen LogP contribution in [0.3, 0.4) is 0 Å². The molecule has 0 saturated carbocycles. The Bertz CT molecular complexity index is 1440. The molecule has 1 aromatic heterocycles. The molecule has 0 aliphatic rings. The van der Waals surface area contributed by atoms with Crippen molar-refractivity contribution >= 4 is 23.3 Å². The highest BCUT2D eigenvalue weighted by Gasteiger charge is 2.22. The van der Waals surface area contributed by atoms with Crippen LogP contribution < -0.4 is 15.5 Å². The van der Waals surface area contributed by atoms with Crippen molar-refractivity contribution in [2.24, 2.45) is 0 Å². The van der Waals surface area contributed by atoms with Crippen molar-refractivity contribution in [2.45, 2.75) is 20.8 Å². The summed E-state index contributed by atoms with van der Waals surface area (Å²) in [5.74, 6) is 0.475. The van der Waals surface area contributed by atoms with E-state index in [1.807, 2.05) is 32.0 Å². The monoisotopic (exact) mass is 473 g/mol. The van der Waals surface area contributed by atoms with Crippen molar-refractivity contribution in [2.75, 3.05) is 12.4 Å². The number of carbonyl (C=O) groups excluding carboxylic acids is 1. The van der Waals surface area contributed by atoms with Crippen LogP contribution in [0.4, 0.5) is 5.82 Å². The van der Waals surface area contributed by atoms with Gasteiger partial charge in [-0.25, -0.2) is 4.68 Å². The normalized spacial score (nSPS) is 10.7. The van der Waals surface area contributed by atoms with E-state index in [0.717, 1.165) is 16.8 Å². The van der Waals surface area contributed by atoms with Gasteiger partial charge < -0.3 is 10.1 Å². The van der Waals surface area contributed by atoms with Gasteiger partial charge in [0.1, 0.15) is 17.3 Å². The second-order valence-electron chi connectivity index (χ2n) is 7.98. The molecule has 34 heavy (non-hydrogen) atoms. The number of hydrogen-bond acceptors (Lipinski definition) is 4. The summed E-state index contributed by atoms with van der Waals surface area (Å²) < 4.78 is 6.86. The fourth-order valence-electron chi connectivity index (χ4n) is 3.65. The topological polar surface area (TPSA) is 73.2 Å². The predicted molar refractivity (Wildman–Crippen MR) is 135 cm³/mol. The van der Waals surface area contributed by atoms with Crippen LogP contribution in [0, 0.1) is 20.8 Å². The first kappa shape index (κ1) is 23.3. The molecular weight excluding hydrogens is 450 g/mol. The number of aryl methyl sites for hydroxylation is 3. The van der Waals surface area contributed by atoms with Gasteiger partial charge in [-0.05, 0) is 73.9 Å². The van der Waals surface area contributed by atoms with E-state index in [4.69, 9.17) is 16.3 Å². The maximum absolute atomic E-state index is 13.3. The Morgan fingerprint density at radius 3 is 2.32 bits per heavy atom. The molecule has 172 valence electrons. The number of hydrogen-bond donors (Lipinski definition) is 1. The van der Waals surface area contributed by atoms with Crippen molar-refractivity contribution in [3.8, 4) is 22.6 Å². The van der Waals surface area contributed by atoms with Crippen molar-refractivity contribution in [1.82, 2.24) is 9.78 Å². The lowest BCUT2D eigenvalue weighted by molar-refractivity contribution is 0.102. The minimum Gasteiger partial charge on any atom is -0.497 e. The number of aromatic nitrogens is 2. The molecule has 0 aliphatic heterocycles. The minimum atomic E-state index is -0.442. The van der Waals surface area contributed by atoms with Gasteiger partial charge in [-0.1, -0.05) is 41.9 Å². The Hall–Kier alpha value is -3.90. The molecule has 0 spiro atoms. The summed E-state index contributed by atoms with van der Waals surface area (Å²) in [6, 6.07) is 19.7. The molecule has 0 saturated heterocycles. The molecule has 4 aromatic rings. The zero-order chi connectivity index (χ0) is 24.4. The summed E-state index contributed by atoms with van der Waals surface area (Å²) in [4.78, 5) is 26.6. The molecule has 0 aliphatic carbocycles. The summed E-state index contributed by atoms with van der Waals surface area (Å²) in [6.07, 6.45) is 0. The molecule has 7 heteroatoms. The lowest BCUT2D eigenvalue weighted by Crippen LogP contribution is -2.25. The molecule has 3 aromatic carbocycles. The second kappa shape index (κ2) is 9.53. The molecule has 4 rings (SSSR count). The third-order valence-electron chi connectivity index (χ3n) is 5.72. The van der Waals surface area contributed by atoms with Crippen molar-refractivity contribution < 1.29 is 9.53 Å². The summed E-state index contributed by atoms with van der Waals surface area (Å²) >= 11 is 6.27. The number of carbonyl (C=O) groups is 1. The third-order valence-corrected chi connectivity index (χ3v) is 6.05. The molecule has 0 bridgehead atoms. The van der Waals surface area contributed by atoms with Gasteiger partial charge in [0.25, 0.3) is 5.91 Å². The standard InChI is InChI=1S/C27H24ClN3O3/c1-16-9-12-20(15-17(16)2)31-26(29-27(33)22-7-5-6-8-23(22)28)24(25(32)18(3)30-31)19-10-13-21(34-4)14-11-19/h5-15H,1-4H3,(H,29,33). The van der Waals surface area contributed by atoms with Crippen molar-refractivity contribution in [3.63, 3.8) is 0 Å². The number of ether oxygens (including phenoxy) is 1. The number of benzene rings is 3. The molecular formula is C27H24ClN3O3. The first-order valence-corrected chi connectivity index (χ1v) is 11.1. The van der Waals surface area contributed by atoms with Crippen LogP contribution in [0.15, 0.2) is 71.5 Å². The fraction of sp³-hybridized carbons (Fsp3) is 0.148. The van der Waals surface area contributed by atoms with Crippen LogP contribution >= 0.6 is 11.6 Å². The largest absolute Gasteiger partial charge is 0.497 e. The first-order chi connectivity index (χ1) is 16.3. The Morgan fingerprint density at radius 1 is 0.971 bits per heavy atom. The van der Waals surface area contributed by atoms with E-state index in [9.17, 15) is 9.59 Å². The average molecular weight is 474 g/mol. The van der Waals surface area contributed by atoms with Crippen LogP contribution in [-0.4, -0.2) is 22.8 Å².